The van der Waals surface area contributed by atoms with E-state index in [2.05, 4.69) is 27.0 Å². The highest BCUT2D eigenvalue weighted by atomic mass is 79.9. The number of rotatable bonds is 1. The summed E-state index contributed by atoms with van der Waals surface area (Å²) < 4.78 is 0.747. The monoisotopic (exact) mass is 224 g/mol. The first-order valence-electron chi connectivity index (χ1n) is 3.60. The van der Waals surface area contributed by atoms with E-state index >= 15 is 0 Å². The predicted molar refractivity (Wildman–Crippen MR) is 50.6 cm³/mol. The molecule has 0 aliphatic heterocycles. The summed E-state index contributed by atoms with van der Waals surface area (Å²) in [5.74, 6) is 0. The van der Waals surface area contributed by atoms with Crippen LogP contribution in [0.3, 0.4) is 0 Å². The first-order valence-corrected chi connectivity index (χ1v) is 4.39. The van der Waals surface area contributed by atoms with Crippen LogP contribution < -0.4 is 0 Å². The number of pyridine rings is 1. The molecule has 3 heteroatoms. The normalized spacial score (nSPS) is 10.8. The first-order chi connectivity index (χ1) is 5.58. The quantitative estimate of drug-likeness (QED) is 0.689. The van der Waals surface area contributed by atoms with Gasteiger partial charge in [-0.25, -0.2) is 4.98 Å². The molecule has 62 valence electrons. The van der Waals surface area contributed by atoms with Gasteiger partial charge in [0.2, 0.25) is 0 Å². The van der Waals surface area contributed by atoms with E-state index in [1.165, 1.54) is 0 Å². The number of aromatic nitrogens is 1. The molecule has 12 heavy (non-hydrogen) atoms. The summed E-state index contributed by atoms with van der Waals surface area (Å²) in [6.45, 7) is 3.74. The average molecular weight is 225 g/mol. The number of nitriles is 1. The van der Waals surface area contributed by atoms with Gasteiger partial charge in [-0.05, 0) is 35.8 Å². The maximum Gasteiger partial charge on any atom is 0.110 e. The number of halogens is 1. The zero-order valence-corrected chi connectivity index (χ0v) is 8.59. The van der Waals surface area contributed by atoms with Crippen molar-refractivity contribution in [3.05, 3.63) is 28.5 Å². The third-order valence-electron chi connectivity index (χ3n) is 1.71. The molecule has 0 amide bonds. The lowest BCUT2D eigenvalue weighted by Gasteiger charge is -2.16. The molecule has 1 heterocycles. The topological polar surface area (TPSA) is 36.7 Å². The van der Waals surface area contributed by atoms with Crippen LogP contribution in [0.5, 0.6) is 0 Å². The van der Waals surface area contributed by atoms with E-state index in [0.717, 1.165) is 10.2 Å². The summed E-state index contributed by atoms with van der Waals surface area (Å²) in [5.41, 5.74) is 0.445. The highest BCUT2D eigenvalue weighted by Gasteiger charge is 2.22. The van der Waals surface area contributed by atoms with Gasteiger partial charge in [-0.3, -0.25) is 0 Å². The second kappa shape index (κ2) is 3.24. The molecule has 1 aromatic heterocycles. The summed E-state index contributed by atoms with van der Waals surface area (Å²) in [5, 5.41) is 8.87. The zero-order chi connectivity index (χ0) is 9.19. The lowest BCUT2D eigenvalue weighted by Crippen LogP contribution is -2.14. The molecule has 0 aliphatic rings. The van der Waals surface area contributed by atoms with Gasteiger partial charge < -0.3 is 0 Å². The molecule has 1 rings (SSSR count). The first kappa shape index (κ1) is 9.21. The molecule has 0 saturated carbocycles. The lowest BCUT2D eigenvalue weighted by atomic mass is 9.88. The van der Waals surface area contributed by atoms with Gasteiger partial charge in [-0.15, -0.1) is 0 Å². The largest absolute Gasteiger partial charge is 0.249 e. The van der Waals surface area contributed by atoms with E-state index in [0.29, 0.717) is 0 Å². The maximum atomic E-state index is 8.87. The SMILES string of the molecule is CC(C)(C#N)c1cccnc1Br. The summed E-state index contributed by atoms with van der Waals surface area (Å²) >= 11 is 3.31. The van der Waals surface area contributed by atoms with Crippen molar-refractivity contribution in [1.29, 1.82) is 5.26 Å². The zero-order valence-electron chi connectivity index (χ0n) is 7.00. The number of hydrogen-bond donors (Lipinski definition) is 0. The molecule has 0 spiro atoms. The summed E-state index contributed by atoms with van der Waals surface area (Å²) in [7, 11) is 0. The lowest BCUT2D eigenvalue weighted by molar-refractivity contribution is 0.677. The number of hydrogen-bond acceptors (Lipinski definition) is 2. The summed E-state index contributed by atoms with van der Waals surface area (Å²) in [6.07, 6.45) is 1.70. The van der Waals surface area contributed by atoms with Gasteiger partial charge in [0.1, 0.15) is 4.60 Å². The van der Waals surface area contributed by atoms with Crippen molar-refractivity contribution in [3.63, 3.8) is 0 Å². The fourth-order valence-electron chi connectivity index (χ4n) is 0.912. The minimum Gasteiger partial charge on any atom is -0.249 e. The van der Waals surface area contributed by atoms with Crippen LogP contribution in [0.15, 0.2) is 22.9 Å². The molecule has 0 N–H and O–H groups in total. The molecule has 0 aromatic carbocycles. The Labute approximate surface area is 80.4 Å². The van der Waals surface area contributed by atoms with Crippen LogP contribution in [-0.2, 0) is 5.41 Å². The molecule has 2 nitrogen and oxygen atoms in total. The summed E-state index contributed by atoms with van der Waals surface area (Å²) in [4.78, 5) is 4.06. The second-order valence-electron chi connectivity index (χ2n) is 3.08. The Balaban J connectivity index is 3.22. The van der Waals surface area contributed by atoms with Gasteiger partial charge in [0.15, 0.2) is 0 Å². The van der Waals surface area contributed by atoms with Crippen LogP contribution in [0.4, 0.5) is 0 Å². The van der Waals surface area contributed by atoms with Gasteiger partial charge in [-0.1, -0.05) is 6.07 Å². The molecular weight excluding hydrogens is 216 g/mol. The predicted octanol–water partition coefficient (Wildman–Crippen LogP) is 2.65. The minimum atomic E-state index is -0.479. The fourth-order valence-corrected chi connectivity index (χ4v) is 1.66. The van der Waals surface area contributed by atoms with E-state index in [-0.39, 0.29) is 0 Å². The van der Waals surface area contributed by atoms with Crippen molar-refractivity contribution in [2.45, 2.75) is 19.3 Å². The third-order valence-corrected chi connectivity index (χ3v) is 2.34. The third kappa shape index (κ3) is 1.64. The highest BCUT2D eigenvalue weighted by Crippen LogP contribution is 2.27. The van der Waals surface area contributed by atoms with Gasteiger partial charge >= 0.3 is 0 Å². The van der Waals surface area contributed by atoms with Crippen molar-refractivity contribution in [3.8, 4) is 6.07 Å². The molecule has 0 radical (unpaired) electrons. The average Bonchev–Trinajstić information content (AvgIpc) is 2.05. The van der Waals surface area contributed by atoms with Crippen molar-refractivity contribution in [2.24, 2.45) is 0 Å². The smallest absolute Gasteiger partial charge is 0.110 e. The van der Waals surface area contributed by atoms with Crippen LogP contribution in [0.2, 0.25) is 0 Å². The van der Waals surface area contributed by atoms with Crippen molar-refractivity contribution < 1.29 is 0 Å². The second-order valence-corrected chi connectivity index (χ2v) is 3.83. The van der Waals surface area contributed by atoms with Crippen LogP contribution in [0, 0.1) is 11.3 Å². The Morgan fingerprint density at radius 3 is 2.75 bits per heavy atom. The van der Waals surface area contributed by atoms with Gasteiger partial charge in [0.05, 0.1) is 11.5 Å². The highest BCUT2D eigenvalue weighted by molar-refractivity contribution is 9.10. The van der Waals surface area contributed by atoms with Crippen LogP contribution in [0.25, 0.3) is 0 Å². The van der Waals surface area contributed by atoms with Crippen molar-refractivity contribution in [1.82, 2.24) is 4.98 Å². The van der Waals surface area contributed by atoms with Crippen molar-refractivity contribution in [2.75, 3.05) is 0 Å². The van der Waals surface area contributed by atoms with Gasteiger partial charge in [-0.2, -0.15) is 5.26 Å². The molecule has 0 aliphatic carbocycles. The van der Waals surface area contributed by atoms with Gasteiger partial charge in [0, 0.05) is 11.8 Å². The van der Waals surface area contributed by atoms with Crippen LogP contribution >= 0.6 is 15.9 Å². The standard InChI is InChI=1S/C9H9BrN2/c1-9(2,6-11)7-4-3-5-12-8(7)10/h3-5H,1-2H3. The maximum absolute atomic E-state index is 8.87. The molecule has 0 saturated heterocycles. The Hall–Kier alpha value is -0.880. The molecule has 1 aromatic rings. The van der Waals surface area contributed by atoms with E-state index in [9.17, 15) is 0 Å². The fraction of sp³-hybridized carbons (Fsp3) is 0.333. The molecular formula is C9H9BrN2. The number of nitrogens with zero attached hydrogens (tertiary/aromatic N) is 2. The van der Waals surface area contributed by atoms with Crippen LogP contribution in [0.1, 0.15) is 19.4 Å². The van der Waals surface area contributed by atoms with Gasteiger partial charge in [0.25, 0.3) is 0 Å². The van der Waals surface area contributed by atoms with E-state index in [4.69, 9.17) is 5.26 Å². The Morgan fingerprint density at radius 2 is 2.25 bits per heavy atom. The Kier molecular flexibility index (Phi) is 2.49. The Morgan fingerprint density at radius 1 is 1.58 bits per heavy atom. The van der Waals surface area contributed by atoms with E-state index in [1.54, 1.807) is 6.20 Å². The van der Waals surface area contributed by atoms with Crippen LogP contribution in [-0.4, -0.2) is 4.98 Å². The minimum absolute atomic E-state index is 0.479. The molecule has 0 fully saturated rings. The Bertz CT molecular complexity index is 326. The molecule has 0 bridgehead atoms. The van der Waals surface area contributed by atoms with E-state index < -0.39 is 5.41 Å². The molecule has 0 unspecified atom stereocenters. The van der Waals surface area contributed by atoms with Crippen molar-refractivity contribution >= 4 is 15.9 Å². The summed E-state index contributed by atoms with van der Waals surface area (Å²) in [6, 6.07) is 5.96. The van der Waals surface area contributed by atoms with E-state index in [1.807, 2.05) is 26.0 Å². The molecule has 0 atom stereocenters.